The summed E-state index contributed by atoms with van der Waals surface area (Å²) < 4.78 is 12.1. The summed E-state index contributed by atoms with van der Waals surface area (Å²) in [4.78, 5) is 20.8. The lowest BCUT2D eigenvalue weighted by Crippen LogP contribution is -2.22. The molecule has 10 heteroatoms. The number of ether oxygens (including phenoxy) is 2. The highest BCUT2D eigenvalue weighted by Gasteiger charge is 2.19. The van der Waals surface area contributed by atoms with E-state index >= 15 is 0 Å². The van der Waals surface area contributed by atoms with E-state index in [2.05, 4.69) is 25.7 Å². The first-order chi connectivity index (χ1) is 13.5. The van der Waals surface area contributed by atoms with Crippen LogP contribution in [0.4, 0.5) is 16.2 Å². The summed E-state index contributed by atoms with van der Waals surface area (Å²) in [6.07, 6.45) is 2.61. The van der Waals surface area contributed by atoms with E-state index in [0.717, 1.165) is 5.69 Å². The zero-order valence-corrected chi connectivity index (χ0v) is 15.8. The van der Waals surface area contributed by atoms with Crippen LogP contribution in [-0.2, 0) is 4.74 Å². The molecule has 28 heavy (non-hydrogen) atoms. The predicted octanol–water partition coefficient (Wildman–Crippen LogP) is 2.66. The van der Waals surface area contributed by atoms with Crippen LogP contribution in [0.5, 0.6) is 5.88 Å². The molecule has 0 aliphatic carbocycles. The number of anilines is 2. The zero-order valence-electron chi connectivity index (χ0n) is 15.8. The minimum atomic E-state index is -0.523. The standard InChI is InChI=1S/C18H19N7O3/c1-10-5-15-20-9-14(16(11(2)27-3)25(15)24-10)23-18(26)22-13-6-12(7-19)17(28-4)21-8-13/h5-6,8-9,11H,1-4H3,(H2,22,23,26). The first kappa shape index (κ1) is 19.1. The van der Waals surface area contributed by atoms with Gasteiger partial charge in [0.1, 0.15) is 11.6 Å². The second kappa shape index (κ2) is 7.89. The molecule has 1 atom stereocenters. The Bertz CT molecular complexity index is 1070. The average Bonchev–Trinajstić information content (AvgIpc) is 3.07. The van der Waals surface area contributed by atoms with E-state index in [4.69, 9.17) is 14.7 Å². The van der Waals surface area contributed by atoms with Gasteiger partial charge in [0.15, 0.2) is 5.65 Å². The zero-order chi connectivity index (χ0) is 20.3. The van der Waals surface area contributed by atoms with Crippen molar-refractivity contribution in [2.24, 2.45) is 0 Å². The Labute approximate surface area is 161 Å². The number of hydrogen-bond acceptors (Lipinski definition) is 7. The van der Waals surface area contributed by atoms with Gasteiger partial charge < -0.3 is 20.1 Å². The molecule has 2 amide bonds. The SMILES string of the molecule is COc1ncc(NC(=O)Nc2cnc3cc(C)nn3c2C(C)OC)cc1C#N. The van der Waals surface area contributed by atoms with Gasteiger partial charge in [-0.05, 0) is 19.9 Å². The number of rotatable bonds is 5. The van der Waals surface area contributed by atoms with Crippen molar-refractivity contribution in [3.8, 4) is 11.9 Å². The molecular weight excluding hydrogens is 362 g/mol. The molecule has 2 N–H and O–H groups in total. The van der Waals surface area contributed by atoms with Crippen molar-refractivity contribution in [3.05, 3.63) is 41.5 Å². The first-order valence-corrected chi connectivity index (χ1v) is 8.37. The Balaban J connectivity index is 1.88. The maximum Gasteiger partial charge on any atom is 0.323 e. The fraction of sp³-hybridized carbons (Fsp3) is 0.278. The van der Waals surface area contributed by atoms with Crippen LogP contribution in [-0.4, -0.2) is 39.8 Å². The van der Waals surface area contributed by atoms with Crippen molar-refractivity contribution in [2.75, 3.05) is 24.9 Å². The highest BCUT2D eigenvalue weighted by molar-refractivity contribution is 6.00. The van der Waals surface area contributed by atoms with Crippen molar-refractivity contribution in [2.45, 2.75) is 20.0 Å². The summed E-state index contributed by atoms with van der Waals surface area (Å²) >= 11 is 0. The maximum absolute atomic E-state index is 12.5. The van der Waals surface area contributed by atoms with E-state index in [0.29, 0.717) is 22.7 Å². The fourth-order valence-electron chi connectivity index (χ4n) is 2.71. The maximum atomic E-state index is 12.5. The second-order valence-electron chi connectivity index (χ2n) is 5.96. The number of hydrogen-bond donors (Lipinski definition) is 2. The number of amides is 2. The smallest absolute Gasteiger partial charge is 0.323 e. The van der Waals surface area contributed by atoms with Gasteiger partial charge in [0.25, 0.3) is 0 Å². The van der Waals surface area contributed by atoms with Crippen LogP contribution in [0, 0.1) is 18.3 Å². The first-order valence-electron chi connectivity index (χ1n) is 8.37. The molecule has 0 aromatic carbocycles. The Hall–Kier alpha value is -3.71. The van der Waals surface area contributed by atoms with Gasteiger partial charge in [-0.2, -0.15) is 10.4 Å². The molecule has 0 aliphatic rings. The van der Waals surface area contributed by atoms with Crippen molar-refractivity contribution in [1.29, 1.82) is 5.26 Å². The molecule has 0 spiro atoms. The minimum absolute atomic E-state index is 0.188. The summed E-state index contributed by atoms with van der Waals surface area (Å²) in [5.74, 6) is 0.188. The number of methoxy groups -OCH3 is 2. The quantitative estimate of drug-likeness (QED) is 0.695. The van der Waals surface area contributed by atoms with Crippen molar-refractivity contribution in [3.63, 3.8) is 0 Å². The number of aromatic nitrogens is 4. The molecule has 0 saturated heterocycles. The summed E-state index contributed by atoms with van der Waals surface area (Å²) in [6.45, 7) is 3.71. The predicted molar refractivity (Wildman–Crippen MR) is 101 cm³/mol. The largest absolute Gasteiger partial charge is 0.480 e. The Kier molecular flexibility index (Phi) is 5.37. The van der Waals surface area contributed by atoms with Gasteiger partial charge in [0.2, 0.25) is 5.88 Å². The lowest BCUT2D eigenvalue weighted by Gasteiger charge is -2.17. The highest BCUT2D eigenvalue weighted by atomic mass is 16.5. The molecule has 0 aliphatic heterocycles. The molecule has 3 aromatic rings. The molecule has 3 rings (SSSR count). The number of nitrogens with one attached hydrogen (secondary N) is 2. The number of carbonyl (C=O) groups excluding carboxylic acids is 1. The van der Waals surface area contributed by atoms with Gasteiger partial charge in [-0.3, -0.25) is 0 Å². The van der Waals surface area contributed by atoms with E-state index in [9.17, 15) is 4.79 Å². The molecule has 3 aromatic heterocycles. The van der Waals surface area contributed by atoms with Crippen LogP contribution in [0.25, 0.3) is 5.65 Å². The average molecular weight is 381 g/mol. The van der Waals surface area contributed by atoms with Crippen LogP contribution in [0.1, 0.15) is 30.0 Å². The molecule has 0 bridgehead atoms. The Morgan fingerprint density at radius 1 is 1.25 bits per heavy atom. The third-order valence-electron chi connectivity index (χ3n) is 4.05. The lowest BCUT2D eigenvalue weighted by atomic mass is 10.2. The Morgan fingerprint density at radius 2 is 2.04 bits per heavy atom. The van der Waals surface area contributed by atoms with Crippen LogP contribution in [0.2, 0.25) is 0 Å². The molecule has 1 unspecified atom stereocenters. The van der Waals surface area contributed by atoms with Crippen molar-refractivity contribution < 1.29 is 14.3 Å². The van der Waals surface area contributed by atoms with Gasteiger partial charge in [-0.1, -0.05) is 0 Å². The molecule has 0 radical (unpaired) electrons. The molecular formula is C18H19N7O3. The third kappa shape index (κ3) is 3.70. The fourth-order valence-corrected chi connectivity index (χ4v) is 2.71. The summed E-state index contributed by atoms with van der Waals surface area (Å²) in [7, 11) is 2.99. The van der Waals surface area contributed by atoms with E-state index in [1.165, 1.54) is 19.4 Å². The van der Waals surface area contributed by atoms with Gasteiger partial charge in [-0.15, -0.1) is 0 Å². The number of aryl methyl sites for hydroxylation is 1. The number of fused-ring (bicyclic) bond motifs is 1. The van der Waals surface area contributed by atoms with Gasteiger partial charge in [0, 0.05) is 13.2 Å². The van der Waals surface area contributed by atoms with E-state index < -0.39 is 6.03 Å². The van der Waals surface area contributed by atoms with E-state index in [-0.39, 0.29) is 17.5 Å². The summed E-state index contributed by atoms with van der Waals surface area (Å²) in [6, 6.07) is 4.75. The lowest BCUT2D eigenvalue weighted by molar-refractivity contribution is 0.114. The van der Waals surface area contributed by atoms with Crippen LogP contribution in [0.3, 0.4) is 0 Å². The van der Waals surface area contributed by atoms with Crippen molar-refractivity contribution >= 4 is 23.1 Å². The number of pyridine rings is 1. The number of nitriles is 1. The number of nitrogens with zero attached hydrogens (tertiary/aromatic N) is 5. The topological polar surface area (TPSA) is 126 Å². The van der Waals surface area contributed by atoms with Crippen LogP contribution in [0.15, 0.2) is 24.5 Å². The third-order valence-corrected chi connectivity index (χ3v) is 4.05. The van der Waals surface area contributed by atoms with Crippen LogP contribution < -0.4 is 15.4 Å². The molecule has 10 nitrogen and oxygen atoms in total. The Morgan fingerprint density at radius 3 is 2.71 bits per heavy atom. The minimum Gasteiger partial charge on any atom is -0.480 e. The van der Waals surface area contributed by atoms with Crippen molar-refractivity contribution in [1.82, 2.24) is 19.6 Å². The van der Waals surface area contributed by atoms with Crippen LogP contribution >= 0.6 is 0 Å². The van der Waals surface area contributed by atoms with Gasteiger partial charge in [0.05, 0.1) is 48.4 Å². The molecule has 0 fully saturated rings. The monoisotopic (exact) mass is 381 g/mol. The second-order valence-corrected chi connectivity index (χ2v) is 5.96. The highest BCUT2D eigenvalue weighted by Crippen LogP contribution is 2.26. The molecule has 3 heterocycles. The number of urea groups is 1. The van der Waals surface area contributed by atoms with E-state index in [1.54, 1.807) is 17.8 Å². The number of carbonyl (C=O) groups is 1. The molecule has 0 saturated carbocycles. The van der Waals surface area contributed by atoms with E-state index in [1.807, 2.05) is 26.0 Å². The van der Waals surface area contributed by atoms with Gasteiger partial charge in [-0.25, -0.2) is 19.3 Å². The summed E-state index contributed by atoms with van der Waals surface area (Å²) in [5, 5.41) is 18.9. The van der Waals surface area contributed by atoms with Gasteiger partial charge >= 0.3 is 6.03 Å². The molecule has 144 valence electrons. The summed E-state index contributed by atoms with van der Waals surface area (Å²) in [5.41, 5.74) is 3.11. The normalized spacial score (nSPS) is 11.7.